The minimum absolute atomic E-state index is 0.614. The lowest BCUT2D eigenvalue weighted by molar-refractivity contribution is 0.879. The molecule has 1 aromatic carbocycles. The van der Waals surface area contributed by atoms with Crippen LogP contribution in [0.4, 0.5) is 5.82 Å². The van der Waals surface area contributed by atoms with Crippen LogP contribution < -0.4 is 5.32 Å². The molecule has 0 spiro atoms. The molecule has 1 N–H and O–H groups in total. The van der Waals surface area contributed by atoms with Crippen LogP contribution in [-0.4, -0.2) is 21.3 Å². The maximum absolute atomic E-state index is 9.33. The predicted octanol–water partition coefficient (Wildman–Crippen LogP) is 2.77. The number of pyridine rings is 1. The molecule has 0 bridgehead atoms. The molecule has 1 aliphatic rings. The van der Waals surface area contributed by atoms with Gasteiger partial charge in [0.2, 0.25) is 0 Å². The Morgan fingerprint density at radius 3 is 2.77 bits per heavy atom. The van der Waals surface area contributed by atoms with Crippen molar-refractivity contribution in [1.29, 1.82) is 5.26 Å². The molecule has 0 amide bonds. The van der Waals surface area contributed by atoms with Crippen LogP contribution in [0.2, 0.25) is 0 Å². The van der Waals surface area contributed by atoms with Gasteiger partial charge in [0.25, 0.3) is 0 Å². The number of para-hydroxylation sites is 1. The quantitative estimate of drug-likeness (QED) is 0.787. The molecule has 106 valence electrons. The molecule has 4 rings (SSSR count). The number of benzene rings is 1. The van der Waals surface area contributed by atoms with Gasteiger partial charge in [0.05, 0.1) is 16.9 Å². The molecular weight excluding hydrogens is 274 g/mol. The van der Waals surface area contributed by atoms with E-state index in [-0.39, 0.29) is 0 Å². The first-order chi connectivity index (χ1) is 10.9. The molecule has 0 radical (unpaired) electrons. The van der Waals surface area contributed by atoms with Gasteiger partial charge < -0.3 is 5.32 Å². The van der Waals surface area contributed by atoms with E-state index in [1.807, 2.05) is 41.1 Å². The number of aromatic nitrogens is 3. The van der Waals surface area contributed by atoms with E-state index in [2.05, 4.69) is 16.4 Å². The van der Waals surface area contributed by atoms with Gasteiger partial charge in [-0.25, -0.2) is 4.68 Å². The Balaban J connectivity index is 1.94. The maximum atomic E-state index is 9.33. The molecule has 1 aliphatic heterocycles. The molecular formula is C17H13N5. The van der Waals surface area contributed by atoms with Crippen LogP contribution >= 0.6 is 0 Å². The Hall–Kier alpha value is -3.13. The van der Waals surface area contributed by atoms with Crippen LogP contribution in [0.5, 0.6) is 0 Å². The van der Waals surface area contributed by atoms with Crippen molar-refractivity contribution in [2.75, 3.05) is 11.9 Å². The van der Waals surface area contributed by atoms with Crippen molar-refractivity contribution < 1.29 is 0 Å². The Labute approximate surface area is 127 Å². The molecule has 2 aromatic heterocycles. The van der Waals surface area contributed by atoms with Crippen LogP contribution in [0.3, 0.4) is 0 Å². The fourth-order valence-electron chi connectivity index (χ4n) is 2.84. The summed E-state index contributed by atoms with van der Waals surface area (Å²) in [5, 5.41) is 17.5. The zero-order chi connectivity index (χ0) is 14.9. The Kier molecular flexibility index (Phi) is 2.87. The summed E-state index contributed by atoms with van der Waals surface area (Å²) in [4.78, 5) is 4.06. The van der Waals surface area contributed by atoms with Gasteiger partial charge in [-0.2, -0.15) is 10.4 Å². The third-order valence-electron chi connectivity index (χ3n) is 3.86. The summed E-state index contributed by atoms with van der Waals surface area (Å²) in [6.07, 6.45) is 4.47. The number of hydrogen-bond acceptors (Lipinski definition) is 4. The van der Waals surface area contributed by atoms with Crippen molar-refractivity contribution in [3.05, 3.63) is 59.9 Å². The van der Waals surface area contributed by atoms with Crippen LogP contribution in [0, 0.1) is 11.3 Å². The molecule has 0 aliphatic carbocycles. The first-order valence-corrected chi connectivity index (χ1v) is 7.14. The SMILES string of the molecule is N#Cc1ccccc1-n1nc(-c2ccncc2)c2c1NCC2. The smallest absolute Gasteiger partial charge is 0.133 e. The number of nitriles is 1. The Morgan fingerprint density at radius 2 is 1.95 bits per heavy atom. The summed E-state index contributed by atoms with van der Waals surface area (Å²) < 4.78 is 1.84. The zero-order valence-electron chi connectivity index (χ0n) is 11.8. The predicted molar refractivity (Wildman–Crippen MR) is 83.7 cm³/mol. The number of nitrogens with one attached hydrogen (secondary N) is 1. The average Bonchev–Trinajstić information content (AvgIpc) is 3.18. The summed E-state index contributed by atoms with van der Waals surface area (Å²) >= 11 is 0. The van der Waals surface area contributed by atoms with Gasteiger partial charge in [0.1, 0.15) is 11.9 Å². The first kappa shape index (κ1) is 12.6. The lowest BCUT2D eigenvalue weighted by Crippen LogP contribution is -2.05. The van der Waals surface area contributed by atoms with Crippen molar-refractivity contribution in [1.82, 2.24) is 14.8 Å². The topological polar surface area (TPSA) is 66.5 Å². The van der Waals surface area contributed by atoms with E-state index in [1.54, 1.807) is 12.4 Å². The monoisotopic (exact) mass is 287 g/mol. The highest BCUT2D eigenvalue weighted by molar-refractivity contribution is 5.73. The highest BCUT2D eigenvalue weighted by Gasteiger charge is 2.24. The molecule has 3 heterocycles. The molecule has 0 saturated heterocycles. The molecule has 5 heteroatoms. The van der Waals surface area contributed by atoms with Gasteiger partial charge >= 0.3 is 0 Å². The van der Waals surface area contributed by atoms with Gasteiger partial charge in [0, 0.05) is 30.1 Å². The largest absolute Gasteiger partial charge is 0.369 e. The molecule has 0 unspecified atom stereocenters. The number of fused-ring (bicyclic) bond motifs is 1. The third-order valence-corrected chi connectivity index (χ3v) is 3.86. The average molecular weight is 287 g/mol. The van der Waals surface area contributed by atoms with Gasteiger partial charge in [-0.05, 0) is 30.7 Å². The fraction of sp³-hybridized carbons (Fsp3) is 0.118. The van der Waals surface area contributed by atoms with Crippen molar-refractivity contribution in [3.8, 4) is 23.0 Å². The fourth-order valence-corrected chi connectivity index (χ4v) is 2.84. The number of rotatable bonds is 2. The second-order valence-electron chi connectivity index (χ2n) is 5.13. The summed E-state index contributed by atoms with van der Waals surface area (Å²) in [5.41, 5.74) is 4.61. The normalized spacial score (nSPS) is 12.5. The van der Waals surface area contributed by atoms with Gasteiger partial charge in [0.15, 0.2) is 0 Å². The van der Waals surface area contributed by atoms with Crippen LogP contribution in [0.1, 0.15) is 11.1 Å². The van der Waals surface area contributed by atoms with Crippen molar-refractivity contribution in [2.45, 2.75) is 6.42 Å². The van der Waals surface area contributed by atoms with Crippen molar-refractivity contribution in [2.24, 2.45) is 0 Å². The second-order valence-corrected chi connectivity index (χ2v) is 5.13. The van der Waals surface area contributed by atoms with Crippen LogP contribution in [0.15, 0.2) is 48.8 Å². The zero-order valence-corrected chi connectivity index (χ0v) is 11.8. The number of nitrogens with zero attached hydrogens (tertiary/aromatic N) is 4. The van der Waals surface area contributed by atoms with Crippen molar-refractivity contribution >= 4 is 5.82 Å². The highest BCUT2D eigenvalue weighted by Crippen LogP contribution is 2.34. The number of hydrogen-bond donors (Lipinski definition) is 1. The van der Waals surface area contributed by atoms with E-state index in [0.29, 0.717) is 5.56 Å². The standard InChI is InChI=1S/C17H13N5/c18-11-13-3-1-2-4-15(13)22-17-14(7-10-20-17)16(21-22)12-5-8-19-9-6-12/h1-6,8-9,20H,7,10H2. The Morgan fingerprint density at radius 1 is 1.14 bits per heavy atom. The minimum Gasteiger partial charge on any atom is -0.369 e. The molecule has 0 atom stereocenters. The third kappa shape index (κ3) is 1.85. The Bertz CT molecular complexity index is 874. The second kappa shape index (κ2) is 5.01. The van der Waals surface area contributed by atoms with E-state index in [9.17, 15) is 5.26 Å². The van der Waals surface area contributed by atoms with Gasteiger partial charge in [-0.15, -0.1) is 0 Å². The molecule has 0 fully saturated rings. The van der Waals surface area contributed by atoms with Crippen LogP contribution in [0.25, 0.3) is 16.9 Å². The molecule has 5 nitrogen and oxygen atoms in total. The molecule has 0 saturated carbocycles. The van der Waals surface area contributed by atoms with E-state index in [4.69, 9.17) is 5.10 Å². The maximum Gasteiger partial charge on any atom is 0.133 e. The summed E-state index contributed by atoms with van der Waals surface area (Å²) in [6.45, 7) is 0.889. The van der Waals surface area contributed by atoms with E-state index in [1.165, 1.54) is 5.56 Å². The highest BCUT2D eigenvalue weighted by atomic mass is 15.3. The summed E-state index contributed by atoms with van der Waals surface area (Å²) in [5.74, 6) is 0.981. The molecule has 3 aromatic rings. The van der Waals surface area contributed by atoms with Crippen LogP contribution in [-0.2, 0) is 6.42 Å². The van der Waals surface area contributed by atoms with E-state index in [0.717, 1.165) is 35.7 Å². The lowest BCUT2D eigenvalue weighted by atomic mass is 10.1. The number of anilines is 1. The van der Waals surface area contributed by atoms with Crippen molar-refractivity contribution in [3.63, 3.8) is 0 Å². The minimum atomic E-state index is 0.614. The first-order valence-electron chi connectivity index (χ1n) is 7.14. The van der Waals surface area contributed by atoms with Gasteiger partial charge in [-0.3, -0.25) is 4.98 Å². The summed E-state index contributed by atoms with van der Waals surface area (Å²) in [7, 11) is 0. The molecule has 22 heavy (non-hydrogen) atoms. The lowest BCUT2D eigenvalue weighted by Gasteiger charge is -2.07. The van der Waals surface area contributed by atoms with E-state index >= 15 is 0 Å². The summed E-state index contributed by atoms with van der Waals surface area (Å²) in [6, 6.07) is 13.7. The van der Waals surface area contributed by atoms with E-state index < -0.39 is 0 Å². The van der Waals surface area contributed by atoms with Gasteiger partial charge in [-0.1, -0.05) is 12.1 Å².